The second kappa shape index (κ2) is 8.24. The minimum Gasteiger partial charge on any atom is -0.388 e. The molecule has 0 radical (unpaired) electrons. The van der Waals surface area contributed by atoms with Crippen molar-refractivity contribution in [3.8, 4) is 0 Å². The number of nitrogens with one attached hydrogen (secondary N) is 1. The van der Waals surface area contributed by atoms with Crippen LogP contribution in [0, 0.1) is 0 Å². The normalized spacial score (nSPS) is 26.6. The number of rotatable bonds is 7. The van der Waals surface area contributed by atoms with Gasteiger partial charge in [-0.05, 0) is 5.56 Å². The molecule has 0 spiro atoms. The van der Waals surface area contributed by atoms with Crippen LogP contribution in [0.3, 0.4) is 0 Å². The van der Waals surface area contributed by atoms with Crippen molar-refractivity contribution in [2.24, 2.45) is 0 Å². The summed E-state index contributed by atoms with van der Waals surface area (Å²) in [6, 6.07) is 9.46. The van der Waals surface area contributed by atoms with Crippen molar-refractivity contribution in [1.82, 2.24) is 9.62 Å². The van der Waals surface area contributed by atoms with E-state index in [4.69, 9.17) is 4.74 Å². The monoisotopic (exact) mass is 372 g/mol. The third-order valence-electron chi connectivity index (χ3n) is 4.07. The third kappa shape index (κ3) is 5.75. The summed E-state index contributed by atoms with van der Waals surface area (Å²) in [5.74, 6) is -0.239. The number of aliphatic hydroxyl groups excluding tert-OH is 2. The van der Waals surface area contributed by atoms with Crippen LogP contribution < -0.4 is 4.72 Å². The highest BCUT2D eigenvalue weighted by Gasteiger charge is 2.43. The fourth-order valence-electron chi connectivity index (χ4n) is 2.67. The summed E-state index contributed by atoms with van der Waals surface area (Å²) in [6.07, 6.45) is -3.40. The number of nitrogens with zero attached hydrogens (tertiary/aromatic N) is 1. The van der Waals surface area contributed by atoms with E-state index in [-0.39, 0.29) is 18.9 Å². The SMILES string of the molecule is CN(Cc1ccccc1)C(=O)C[C@H]1O[C@H](CNS(C)(=O)=O)[C@@H](O)[C@H]1O. The number of amides is 1. The van der Waals surface area contributed by atoms with E-state index < -0.39 is 34.4 Å². The lowest BCUT2D eigenvalue weighted by Gasteiger charge is -2.21. The lowest BCUT2D eigenvalue weighted by molar-refractivity contribution is -0.134. The summed E-state index contributed by atoms with van der Waals surface area (Å²) in [7, 11) is -1.79. The highest BCUT2D eigenvalue weighted by Crippen LogP contribution is 2.24. The van der Waals surface area contributed by atoms with E-state index in [2.05, 4.69) is 4.72 Å². The van der Waals surface area contributed by atoms with Gasteiger partial charge < -0.3 is 19.8 Å². The molecule has 25 heavy (non-hydrogen) atoms. The minimum absolute atomic E-state index is 0.100. The van der Waals surface area contributed by atoms with Crippen LogP contribution in [0.2, 0.25) is 0 Å². The molecule has 1 saturated heterocycles. The molecule has 1 aromatic rings. The molecule has 1 heterocycles. The van der Waals surface area contributed by atoms with E-state index in [0.717, 1.165) is 11.8 Å². The summed E-state index contributed by atoms with van der Waals surface area (Å²) in [4.78, 5) is 13.8. The second-order valence-corrected chi connectivity index (χ2v) is 8.09. The van der Waals surface area contributed by atoms with Gasteiger partial charge in [-0.1, -0.05) is 30.3 Å². The maximum atomic E-state index is 12.3. The molecule has 0 unspecified atom stereocenters. The minimum atomic E-state index is -3.44. The summed E-state index contributed by atoms with van der Waals surface area (Å²) >= 11 is 0. The van der Waals surface area contributed by atoms with E-state index in [1.807, 2.05) is 30.3 Å². The lowest BCUT2D eigenvalue weighted by Crippen LogP contribution is -2.39. The number of benzene rings is 1. The van der Waals surface area contributed by atoms with Gasteiger partial charge in [-0.2, -0.15) is 0 Å². The maximum absolute atomic E-state index is 12.3. The highest BCUT2D eigenvalue weighted by molar-refractivity contribution is 7.88. The van der Waals surface area contributed by atoms with E-state index in [9.17, 15) is 23.4 Å². The first-order valence-corrected chi connectivity index (χ1v) is 9.80. The molecular weight excluding hydrogens is 348 g/mol. The van der Waals surface area contributed by atoms with Crippen LogP contribution in [0.5, 0.6) is 0 Å². The first-order chi connectivity index (χ1) is 11.7. The van der Waals surface area contributed by atoms with Gasteiger partial charge >= 0.3 is 0 Å². The molecule has 1 aromatic carbocycles. The van der Waals surface area contributed by atoms with Crippen LogP contribution in [-0.4, -0.2) is 73.7 Å². The molecule has 0 aromatic heterocycles. The zero-order chi connectivity index (χ0) is 18.6. The van der Waals surface area contributed by atoms with Gasteiger partial charge in [0.2, 0.25) is 15.9 Å². The molecular formula is C16H24N2O6S. The Morgan fingerprint density at radius 2 is 1.80 bits per heavy atom. The van der Waals surface area contributed by atoms with Gasteiger partial charge in [0.25, 0.3) is 0 Å². The predicted octanol–water partition coefficient (Wildman–Crippen LogP) is -0.926. The molecule has 0 bridgehead atoms. The summed E-state index contributed by atoms with van der Waals surface area (Å²) in [6.45, 7) is 0.256. The van der Waals surface area contributed by atoms with E-state index in [1.165, 1.54) is 4.90 Å². The first kappa shape index (κ1) is 19.8. The van der Waals surface area contributed by atoms with Gasteiger partial charge in [-0.15, -0.1) is 0 Å². The van der Waals surface area contributed by atoms with E-state index in [1.54, 1.807) is 7.05 Å². The van der Waals surface area contributed by atoms with Crippen LogP contribution >= 0.6 is 0 Å². The van der Waals surface area contributed by atoms with E-state index in [0.29, 0.717) is 6.54 Å². The Hall–Kier alpha value is -1.52. The Balaban J connectivity index is 1.89. The molecule has 1 fully saturated rings. The zero-order valence-corrected chi connectivity index (χ0v) is 15.0. The van der Waals surface area contributed by atoms with Crippen molar-refractivity contribution in [2.45, 2.75) is 37.4 Å². The van der Waals surface area contributed by atoms with Crippen molar-refractivity contribution in [3.63, 3.8) is 0 Å². The first-order valence-electron chi connectivity index (χ1n) is 7.91. The molecule has 0 saturated carbocycles. The number of aliphatic hydroxyl groups is 2. The predicted molar refractivity (Wildman–Crippen MR) is 91.1 cm³/mol. The quantitative estimate of drug-likeness (QED) is 0.570. The topological polar surface area (TPSA) is 116 Å². The largest absolute Gasteiger partial charge is 0.388 e. The summed E-state index contributed by atoms with van der Waals surface area (Å²) < 4.78 is 30.0. The standard InChI is InChI=1S/C16H24N2O6S/c1-18(10-11-6-4-3-5-7-11)14(19)8-12-15(20)16(21)13(24-12)9-17-25(2,22)23/h3-7,12-13,15-17,20-21H,8-10H2,1-2H3/t12-,13-,15+,16-/m1/s1. The number of carbonyl (C=O) groups excluding carboxylic acids is 1. The highest BCUT2D eigenvalue weighted by atomic mass is 32.2. The Labute approximate surface area is 147 Å². The van der Waals surface area contributed by atoms with Gasteiger partial charge in [0.15, 0.2) is 0 Å². The number of hydrogen-bond donors (Lipinski definition) is 3. The van der Waals surface area contributed by atoms with Gasteiger partial charge in [-0.3, -0.25) is 4.79 Å². The maximum Gasteiger partial charge on any atom is 0.225 e. The molecule has 2 rings (SSSR count). The molecule has 9 heteroatoms. The number of ether oxygens (including phenoxy) is 1. The fraction of sp³-hybridized carbons (Fsp3) is 0.562. The average molecular weight is 372 g/mol. The fourth-order valence-corrected chi connectivity index (χ4v) is 3.14. The molecule has 0 aliphatic carbocycles. The molecule has 1 aliphatic heterocycles. The summed E-state index contributed by atoms with van der Waals surface area (Å²) in [5.41, 5.74) is 0.974. The Kier molecular flexibility index (Phi) is 6.53. The van der Waals surface area contributed by atoms with Crippen LogP contribution in [-0.2, 0) is 26.1 Å². The Bertz CT molecular complexity index is 681. The van der Waals surface area contributed by atoms with Gasteiger partial charge in [0.1, 0.15) is 18.3 Å². The zero-order valence-electron chi connectivity index (χ0n) is 14.2. The molecule has 140 valence electrons. The second-order valence-electron chi connectivity index (χ2n) is 6.25. The van der Waals surface area contributed by atoms with Crippen molar-refractivity contribution in [3.05, 3.63) is 35.9 Å². The van der Waals surface area contributed by atoms with Crippen molar-refractivity contribution < 1.29 is 28.2 Å². The number of hydrogen-bond acceptors (Lipinski definition) is 6. The molecule has 8 nitrogen and oxygen atoms in total. The van der Waals surface area contributed by atoms with Crippen LogP contribution in [0.1, 0.15) is 12.0 Å². The van der Waals surface area contributed by atoms with Crippen LogP contribution in [0.15, 0.2) is 30.3 Å². The number of carbonyl (C=O) groups is 1. The van der Waals surface area contributed by atoms with Crippen molar-refractivity contribution >= 4 is 15.9 Å². The van der Waals surface area contributed by atoms with E-state index >= 15 is 0 Å². The Morgan fingerprint density at radius 1 is 1.20 bits per heavy atom. The average Bonchev–Trinajstić information content (AvgIpc) is 2.81. The molecule has 1 amide bonds. The Morgan fingerprint density at radius 3 is 2.40 bits per heavy atom. The third-order valence-corrected chi connectivity index (χ3v) is 4.76. The number of sulfonamides is 1. The lowest BCUT2D eigenvalue weighted by atomic mass is 10.1. The van der Waals surface area contributed by atoms with Crippen LogP contribution in [0.4, 0.5) is 0 Å². The molecule has 4 atom stereocenters. The molecule has 1 aliphatic rings. The summed E-state index contributed by atoms with van der Waals surface area (Å²) in [5, 5.41) is 20.0. The van der Waals surface area contributed by atoms with Crippen molar-refractivity contribution in [1.29, 1.82) is 0 Å². The van der Waals surface area contributed by atoms with Gasteiger partial charge in [0.05, 0.1) is 18.8 Å². The van der Waals surface area contributed by atoms with Gasteiger partial charge in [-0.25, -0.2) is 13.1 Å². The van der Waals surface area contributed by atoms with Gasteiger partial charge in [0, 0.05) is 20.1 Å². The van der Waals surface area contributed by atoms with Crippen molar-refractivity contribution in [2.75, 3.05) is 19.8 Å². The molecule has 3 N–H and O–H groups in total. The van der Waals surface area contributed by atoms with Crippen LogP contribution in [0.25, 0.3) is 0 Å². The smallest absolute Gasteiger partial charge is 0.225 e.